The zero-order chi connectivity index (χ0) is 24.5. The fraction of sp³-hybridized carbons (Fsp3) is 0.375. The number of aromatic amines is 1. The molecule has 11 nitrogen and oxygen atoms in total. The molecule has 4 rings (SSSR count). The summed E-state index contributed by atoms with van der Waals surface area (Å²) in [5.74, 6) is 2.12. The lowest BCUT2D eigenvalue weighted by molar-refractivity contribution is -0.128. The number of carbonyl (C=O) groups excluding carboxylic acids is 1. The molecule has 0 saturated carbocycles. The molecule has 1 aliphatic heterocycles. The highest BCUT2D eigenvalue weighted by molar-refractivity contribution is 5.78. The number of amides is 1. The topological polar surface area (TPSA) is 153 Å². The van der Waals surface area contributed by atoms with Gasteiger partial charge in [-0.25, -0.2) is 0 Å². The third kappa shape index (κ3) is 7.15. The maximum Gasteiger partial charge on any atom is 0.231 e. The van der Waals surface area contributed by atoms with Gasteiger partial charge in [0.05, 0.1) is 25.0 Å². The Kier molecular flexibility index (Phi) is 8.08. The number of aryl methyl sites for hydroxylation is 1. The van der Waals surface area contributed by atoms with Gasteiger partial charge < -0.3 is 26.0 Å². The van der Waals surface area contributed by atoms with Crippen molar-refractivity contribution < 1.29 is 9.53 Å². The van der Waals surface area contributed by atoms with Gasteiger partial charge in [0.2, 0.25) is 11.9 Å². The van der Waals surface area contributed by atoms with Crippen molar-refractivity contribution >= 4 is 35.0 Å². The second kappa shape index (κ2) is 11.8. The monoisotopic (exact) mass is 475 g/mol. The van der Waals surface area contributed by atoms with Crippen molar-refractivity contribution in [1.82, 2.24) is 25.5 Å². The van der Waals surface area contributed by atoms with E-state index in [0.717, 1.165) is 36.4 Å². The van der Waals surface area contributed by atoms with E-state index < -0.39 is 0 Å². The van der Waals surface area contributed by atoms with Crippen molar-refractivity contribution in [2.24, 2.45) is 5.92 Å². The largest absolute Gasteiger partial charge is 0.381 e. The van der Waals surface area contributed by atoms with E-state index in [9.17, 15) is 4.79 Å². The zero-order valence-electron chi connectivity index (χ0n) is 19.6. The highest BCUT2D eigenvalue weighted by Gasteiger charge is 2.21. The van der Waals surface area contributed by atoms with E-state index in [2.05, 4.69) is 47.5 Å². The van der Waals surface area contributed by atoms with Gasteiger partial charge in [0.15, 0.2) is 5.82 Å². The van der Waals surface area contributed by atoms with Crippen LogP contribution in [0.4, 0.5) is 29.1 Å². The smallest absolute Gasteiger partial charge is 0.231 e. The lowest BCUT2D eigenvalue weighted by atomic mass is 10.0. The van der Waals surface area contributed by atoms with Crippen molar-refractivity contribution in [2.45, 2.75) is 26.2 Å². The lowest BCUT2D eigenvalue weighted by Gasteiger charge is -2.21. The van der Waals surface area contributed by atoms with Crippen LogP contribution in [0.3, 0.4) is 0 Å². The molecule has 2 aromatic heterocycles. The van der Waals surface area contributed by atoms with Crippen LogP contribution in [0.2, 0.25) is 0 Å². The number of rotatable bonds is 10. The Morgan fingerprint density at radius 1 is 1.14 bits per heavy atom. The third-order valence-corrected chi connectivity index (χ3v) is 5.44. The third-order valence-electron chi connectivity index (χ3n) is 5.44. The molecule has 0 bridgehead atoms. The van der Waals surface area contributed by atoms with E-state index >= 15 is 0 Å². The molecule has 1 saturated heterocycles. The number of nitrogens with one attached hydrogen (secondary N) is 5. The minimum absolute atomic E-state index is 0.0210. The van der Waals surface area contributed by atoms with Gasteiger partial charge >= 0.3 is 0 Å². The Morgan fingerprint density at radius 2 is 1.97 bits per heavy atom. The number of ether oxygens (including phenoxy) is 1. The van der Waals surface area contributed by atoms with E-state index in [0.29, 0.717) is 49.5 Å². The summed E-state index contributed by atoms with van der Waals surface area (Å²) in [6.07, 6.45) is 2.14. The summed E-state index contributed by atoms with van der Waals surface area (Å²) in [7, 11) is 0. The average molecular weight is 476 g/mol. The number of aromatic nitrogens is 4. The number of benzene rings is 1. The molecule has 3 heterocycles. The first-order valence-electron chi connectivity index (χ1n) is 11.6. The van der Waals surface area contributed by atoms with E-state index in [1.807, 2.05) is 37.3 Å². The number of hydrogen-bond donors (Lipinski definition) is 5. The van der Waals surface area contributed by atoms with Gasteiger partial charge in [0.25, 0.3) is 0 Å². The normalized spacial score (nSPS) is 15.1. The Hall–Kier alpha value is -4.17. The molecule has 35 heavy (non-hydrogen) atoms. The molecule has 0 unspecified atom stereocenters. The second-order valence-electron chi connectivity index (χ2n) is 8.31. The fourth-order valence-electron chi connectivity index (χ4n) is 3.67. The summed E-state index contributed by atoms with van der Waals surface area (Å²) in [6.45, 7) is 4.10. The SMILES string of the molecule is Cc1cc(Nc2cc(NCCNC(=O)[C@H]3CCCOC3)nc(Nc3ccc(CC#N)cc3)n2)n[nH]1. The van der Waals surface area contributed by atoms with Crippen LogP contribution in [-0.4, -0.2) is 52.4 Å². The Labute approximate surface area is 203 Å². The Bertz CT molecular complexity index is 1160. The summed E-state index contributed by atoms with van der Waals surface area (Å²) in [5, 5.41) is 28.5. The molecule has 1 amide bonds. The molecule has 1 atom stereocenters. The fourth-order valence-corrected chi connectivity index (χ4v) is 3.67. The van der Waals surface area contributed by atoms with Crippen LogP contribution in [-0.2, 0) is 16.0 Å². The van der Waals surface area contributed by atoms with Gasteiger partial charge in [-0.05, 0) is 37.5 Å². The standard InChI is InChI=1S/C24H29N9O2/c1-16-13-22(33-32-16)29-21-14-20(26-10-11-27-23(34)18-3-2-12-35-15-18)30-24(31-21)28-19-6-4-17(5-7-19)8-9-25/h4-7,13-14,18H,2-3,8,10-12,15H2,1H3,(H,27,34)(H4,26,28,29,30,31,32,33)/t18-/m0/s1. The van der Waals surface area contributed by atoms with E-state index in [4.69, 9.17) is 10.00 Å². The van der Waals surface area contributed by atoms with Crippen molar-refractivity contribution in [1.29, 1.82) is 5.26 Å². The molecule has 5 N–H and O–H groups in total. The molecule has 1 aromatic carbocycles. The van der Waals surface area contributed by atoms with E-state index in [1.165, 1.54) is 0 Å². The van der Waals surface area contributed by atoms with Crippen LogP contribution in [0.5, 0.6) is 0 Å². The summed E-state index contributed by atoms with van der Waals surface area (Å²) in [4.78, 5) is 21.4. The van der Waals surface area contributed by atoms with Crippen molar-refractivity contribution in [3.8, 4) is 6.07 Å². The number of nitriles is 1. The summed E-state index contributed by atoms with van der Waals surface area (Å²) in [5.41, 5.74) is 2.66. The first kappa shape index (κ1) is 24.0. The maximum absolute atomic E-state index is 12.3. The summed E-state index contributed by atoms with van der Waals surface area (Å²) >= 11 is 0. The van der Waals surface area contributed by atoms with Gasteiger partial charge in [-0.1, -0.05) is 12.1 Å². The molecule has 0 aliphatic carbocycles. The van der Waals surface area contributed by atoms with Gasteiger partial charge in [-0.15, -0.1) is 0 Å². The summed E-state index contributed by atoms with van der Waals surface area (Å²) in [6, 6.07) is 13.3. The number of hydrogen-bond acceptors (Lipinski definition) is 9. The molecule has 3 aromatic rings. The van der Waals surface area contributed by atoms with Crippen LogP contribution >= 0.6 is 0 Å². The molecule has 1 fully saturated rings. The number of nitrogens with zero attached hydrogens (tertiary/aromatic N) is 4. The molecule has 1 aliphatic rings. The van der Waals surface area contributed by atoms with E-state index in [-0.39, 0.29) is 11.8 Å². The number of carbonyl (C=O) groups is 1. The molecule has 11 heteroatoms. The number of anilines is 5. The molecular weight excluding hydrogens is 446 g/mol. The van der Waals surface area contributed by atoms with Gasteiger partial charge in [0, 0.05) is 43.2 Å². The second-order valence-corrected chi connectivity index (χ2v) is 8.31. The Morgan fingerprint density at radius 3 is 2.69 bits per heavy atom. The van der Waals surface area contributed by atoms with Gasteiger partial charge in [0.1, 0.15) is 11.6 Å². The quantitative estimate of drug-likeness (QED) is 0.278. The van der Waals surface area contributed by atoms with E-state index in [1.54, 1.807) is 6.07 Å². The number of H-pyrrole nitrogens is 1. The molecular formula is C24H29N9O2. The van der Waals surface area contributed by atoms with Crippen LogP contribution in [0, 0.1) is 24.2 Å². The highest BCUT2D eigenvalue weighted by atomic mass is 16.5. The van der Waals surface area contributed by atoms with Crippen molar-refractivity contribution in [2.75, 3.05) is 42.3 Å². The minimum atomic E-state index is -0.0775. The maximum atomic E-state index is 12.3. The predicted octanol–water partition coefficient (Wildman–Crippen LogP) is 3.02. The van der Waals surface area contributed by atoms with Crippen molar-refractivity contribution in [3.05, 3.63) is 47.7 Å². The first-order chi connectivity index (χ1) is 17.1. The molecule has 0 radical (unpaired) electrons. The average Bonchev–Trinajstić information content (AvgIpc) is 3.28. The van der Waals surface area contributed by atoms with Gasteiger partial charge in [-0.3, -0.25) is 9.89 Å². The summed E-state index contributed by atoms with van der Waals surface area (Å²) < 4.78 is 5.39. The molecule has 182 valence electrons. The van der Waals surface area contributed by atoms with Crippen LogP contribution in [0.15, 0.2) is 36.4 Å². The highest BCUT2D eigenvalue weighted by Crippen LogP contribution is 2.21. The minimum Gasteiger partial charge on any atom is -0.381 e. The molecule has 0 spiro atoms. The van der Waals surface area contributed by atoms with Crippen LogP contribution in [0.1, 0.15) is 24.1 Å². The first-order valence-corrected chi connectivity index (χ1v) is 11.6. The van der Waals surface area contributed by atoms with Crippen LogP contribution in [0.25, 0.3) is 0 Å². The lowest BCUT2D eigenvalue weighted by Crippen LogP contribution is -2.37. The predicted molar refractivity (Wildman–Crippen MR) is 133 cm³/mol. The van der Waals surface area contributed by atoms with Crippen LogP contribution < -0.4 is 21.3 Å². The van der Waals surface area contributed by atoms with Gasteiger partial charge in [-0.2, -0.15) is 20.3 Å². The Balaban J connectivity index is 1.41. The zero-order valence-corrected chi connectivity index (χ0v) is 19.6. The van der Waals surface area contributed by atoms with Crippen molar-refractivity contribution in [3.63, 3.8) is 0 Å².